The van der Waals surface area contributed by atoms with Crippen LogP contribution in [0.15, 0.2) is 59.3 Å². The quantitative estimate of drug-likeness (QED) is 0.0911. The van der Waals surface area contributed by atoms with Gasteiger partial charge in [0.1, 0.15) is 6.10 Å². The monoisotopic (exact) mass is 1000 g/mol. The van der Waals surface area contributed by atoms with Crippen LogP contribution in [-0.2, 0) is 17.3 Å². The van der Waals surface area contributed by atoms with Gasteiger partial charge in [-0.2, -0.15) is 18.3 Å². The van der Waals surface area contributed by atoms with Gasteiger partial charge >= 0.3 is 18.4 Å². The minimum absolute atomic E-state index is 0.0389. The number of aromatic nitrogens is 3. The Kier molecular flexibility index (Phi) is 14.9. The molecule has 8 rings (SSSR count). The van der Waals surface area contributed by atoms with E-state index in [9.17, 15) is 32.3 Å². The molecule has 3 heterocycles. The van der Waals surface area contributed by atoms with Gasteiger partial charge < -0.3 is 54.2 Å². The molecule has 19 nitrogen and oxygen atoms in total. The Labute approximate surface area is 412 Å². The number of carbonyl (C=O) groups is 4. The van der Waals surface area contributed by atoms with Crippen LogP contribution >= 0.6 is 0 Å². The number of rotatable bonds is 15. The number of hydrogen-bond acceptors (Lipinski definition) is 15. The van der Waals surface area contributed by atoms with Gasteiger partial charge in [-0.25, -0.2) is 14.3 Å². The molecule has 0 bridgehead atoms. The zero-order chi connectivity index (χ0) is 51.5. The van der Waals surface area contributed by atoms with Crippen molar-refractivity contribution in [2.45, 2.75) is 70.7 Å². The highest BCUT2D eigenvalue weighted by atomic mass is 19.4. The summed E-state index contributed by atoms with van der Waals surface area (Å²) in [6, 6.07) is 12.9. The number of nitrogens with one attached hydrogen (secondary N) is 2. The molecule has 3 aromatic carbocycles. The average Bonchev–Trinajstić information content (AvgIpc) is 4.00. The number of hydrogen-bond donors (Lipinski definition) is 3. The van der Waals surface area contributed by atoms with E-state index in [4.69, 9.17) is 38.7 Å². The highest BCUT2D eigenvalue weighted by molar-refractivity contribution is 6.01. The molecular formula is C50H57F3N8O11. The van der Waals surface area contributed by atoms with Gasteiger partial charge in [-0.1, -0.05) is 25.1 Å². The summed E-state index contributed by atoms with van der Waals surface area (Å²) in [5, 5.41) is 14.1. The van der Waals surface area contributed by atoms with Gasteiger partial charge in [0.15, 0.2) is 40.2 Å². The van der Waals surface area contributed by atoms with E-state index in [0.717, 1.165) is 4.68 Å². The van der Waals surface area contributed by atoms with E-state index < -0.39 is 46.7 Å². The maximum atomic E-state index is 14.1. The van der Waals surface area contributed by atoms with Crippen molar-refractivity contribution in [1.29, 1.82) is 0 Å². The molecule has 3 amide bonds. The molecule has 0 radical (unpaired) electrons. The lowest BCUT2D eigenvalue weighted by Gasteiger charge is -2.34. The highest BCUT2D eigenvalue weighted by Crippen LogP contribution is 2.45. The fraction of sp³-hybridized carbons (Fsp3) is 0.440. The molecule has 0 atom stereocenters. The number of carbonyl (C=O) groups excluding carboxylic acids is 4. The van der Waals surface area contributed by atoms with Crippen molar-refractivity contribution in [3.8, 4) is 56.9 Å². The normalized spacial score (nSPS) is 17.9. The molecule has 2 fully saturated rings. The van der Waals surface area contributed by atoms with Crippen LogP contribution in [0.5, 0.6) is 28.7 Å². The third-order valence-corrected chi connectivity index (χ3v) is 13.1. The topological polar surface area (TPSA) is 224 Å². The number of primary amides is 1. The number of alkyl halides is 3. The Morgan fingerprint density at radius 3 is 2.17 bits per heavy atom. The predicted molar refractivity (Wildman–Crippen MR) is 255 cm³/mol. The van der Waals surface area contributed by atoms with Crippen LogP contribution < -0.4 is 40.1 Å². The van der Waals surface area contributed by atoms with E-state index in [1.165, 1.54) is 46.6 Å². The smallest absolute Gasteiger partial charge is 0.435 e. The molecule has 5 aromatic rings. The number of ether oxygens (including phenoxy) is 6. The number of Topliss-reactive ketones (excluding diaryl/α,β-unsaturated/α-hetero) is 1. The van der Waals surface area contributed by atoms with Crippen LogP contribution in [0.1, 0.15) is 78.1 Å². The van der Waals surface area contributed by atoms with Gasteiger partial charge in [-0.3, -0.25) is 14.5 Å². The molecule has 0 unspecified atom stereocenters. The highest BCUT2D eigenvalue weighted by Gasteiger charge is 2.45. The van der Waals surface area contributed by atoms with Gasteiger partial charge in [0.2, 0.25) is 5.75 Å². The van der Waals surface area contributed by atoms with E-state index in [2.05, 4.69) is 25.8 Å². The molecule has 4 N–H and O–H groups in total. The predicted octanol–water partition coefficient (Wildman–Crippen LogP) is 7.77. The SMILES string of the molecule is COc1ccc(-c2cnoc2-c2cc(OC)c(OC)c(OC)c2)cc1OC(=O)N1CCN(CCNC(=O)O[C@H]2CC[C@H](Nc3cc(-n4nc(C(F)(F)F)c5c4CC(C)(C)CC5=O)ccc3C(N)=O)CC2)CC1. The lowest BCUT2D eigenvalue weighted by molar-refractivity contribution is -0.141. The molecule has 2 aromatic heterocycles. The molecule has 1 saturated carbocycles. The van der Waals surface area contributed by atoms with Crippen LogP contribution in [0, 0.1) is 5.41 Å². The summed E-state index contributed by atoms with van der Waals surface area (Å²) in [7, 11) is 6.04. The van der Waals surface area contributed by atoms with E-state index in [0.29, 0.717) is 116 Å². The summed E-state index contributed by atoms with van der Waals surface area (Å²) < 4.78 is 82.9. The maximum absolute atomic E-state index is 14.1. The second kappa shape index (κ2) is 21.1. The third kappa shape index (κ3) is 11.0. The molecule has 1 saturated heterocycles. The number of methoxy groups -OCH3 is 4. The summed E-state index contributed by atoms with van der Waals surface area (Å²) >= 11 is 0. The number of nitrogens with two attached hydrogens (primary N) is 1. The second-order valence-corrected chi connectivity index (χ2v) is 18.6. The van der Waals surface area contributed by atoms with Crippen molar-refractivity contribution in [2.24, 2.45) is 11.1 Å². The molecule has 1 aliphatic heterocycles. The Balaban J connectivity index is 0.801. The first-order chi connectivity index (χ1) is 34.4. The largest absolute Gasteiger partial charge is 0.493 e. The first kappa shape index (κ1) is 50.9. The zero-order valence-corrected chi connectivity index (χ0v) is 40.8. The molecule has 3 aliphatic rings. The molecule has 0 spiro atoms. The van der Waals surface area contributed by atoms with Crippen molar-refractivity contribution in [2.75, 3.05) is 73.0 Å². The number of ketones is 1. The minimum atomic E-state index is -4.85. The summed E-state index contributed by atoms with van der Waals surface area (Å²) in [6.07, 6.45) is -2.46. The van der Waals surface area contributed by atoms with E-state index >= 15 is 0 Å². The van der Waals surface area contributed by atoms with E-state index in [-0.39, 0.29) is 47.7 Å². The van der Waals surface area contributed by atoms with Gasteiger partial charge in [0.25, 0.3) is 5.91 Å². The summed E-state index contributed by atoms with van der Waals surface area (Å²) in [5.74, 6) is 0.918. The van der Waals surface area contributed by atoms with Crippen LogP contribution in [-0.4, -0.2) is 128 Å². The van der Waals surface area contributed by atoms with Crippen molar-refractivity contribution < 1.29 is 65.3 Å². The fourth-order valence-electron chi connectivity index (χ4n) is 9.51. The Morgan fingerprint density at radius 2 is 1.53 bits per heavy atom. The average molecular weight is 1000 g/mol. The summed E-state index contributed by atoms with van der Waals surface area (Å²) in [6.45, 7) is 6.31. The first-order valence-corrected chi connectivity index (χ1v) is 23.4. The van der Waals surface area contributed by atoms with E-state index in [1.54, 1.807) is 41.4 Å². The summed E-state index contributed by atoms with van der Waals surface area (Å²) in [4.78, 5) is 55.5. The van der Waals surface area contributed by atoms with Gasteiger partial charge in [0.05, 0.1) is 57.1 Å². The second-order valence-electron chi connectivity index (χ2n) is 18.6. The lowest BCUT2D eigenvalue weighted by atomic mass is 9.75. The van der Waals surface area contributed by atoms with Crippen LogP contribution in [0.25, 0.3) is 28.1 Å². The Morgan fingerprint density at radius 1 is 0.847 bits per heavy atom. The fourth-order valence-corrected chi connectivity index (χ4v) is 9.51. The van der Waals surface area contributed by atoms with Crippen LogP contribution in [0.2, 0.25) is 0 Å². The van der Waals surface area contributed by atoms with Crippen molar-refractivity contribution in [3.63, 3.8) is 0 Å². The zero-order valence-electron chi connectivity index (χ0n) is 40.8. The Bertz CT molecular complexity index is 2810. The molecular weight excluding hydrogens is 946 g/mol. The number of nitrogens with zero attached hydrogens (tertiary/aromatic N) is 5. The number of halogens is 3. The van der Waals surface area contributed by atoms with Crippen LogP contribution in [0.3, 0.4) is 0 Å². The number of fused-ring (bicyclic) bond motifs is 1. The van der Waals surface area contributed by atoms with Crippen molar-refractivity contribution in [1.82, 2.24) is 30.1 Å². The lowest BCUT2D eigenvalue weighted by Crippen LogP contribution is -2.51. The van der Waals surface area contributed by atoms with Crippen LogP contribution in [0.4, 0.5) is 28.4 Å². The Hall–Kier alpha value is -7.49. The summed E-state index contributed by atoms with van der Waals surface area (Å²) in [5.41, 5.74) is 6.21. The first-order valence-electron chi connectivity index (χ1n) is 23.4. The number of amides is 3. The van der Waals surface area contributed by atoms with Gasteiger partial charge in [-0.05, 0) is 85.5 Å². The third-order valence-electron chi connectivity index (χ3n) is 13.1. The maximum Gasteiger partial charge on any atom is 0.435 e. The van der Waals surface area contributed by atoms with Gasteiger partial charge in [0, 0.05) is 68.5 Å². The van der Waals surface area contributed by atoms with Gasteiger partial charge in [-0.15, -0.1) is 0 Å². The number of anilines is 1. The molecule has 2 aliphatic carbocycles. The minimum Gasteiger partial charge on any atom is -0.493 e. The number of piperazine rings is 1. The molecule has 384 valence electrons. The number of alkyl carbamates (subject to hydrolysis) is 1. The molecule has 72 heavy (non-hydrogen) atoms. The van der Waals surface area contributed by atoms with E-state index in [1.807, 2.05) is 13.8 Å². The standard InChI is InChI=1S/C50H57F3N8O11/c1-49(2)25-36-42(37(62)26-49)45(50(51,52)53)58-61(36)31-10-13-33(46(54)63)35(24-31)57-30-8-11-32(12-9-30)70-47(64)55-15-16-59-17-19-60(20-18-59)48(65)71-39-21-28(7-14-38(39)66-3)34-27-56-72-43(34)29-22-40(67-4)44(69-6)41(23-29)68-5/h7,10,13-14,21-24,27,30,32,57H,8-9,11-12,15-20,25-26H2,1-6H3,(H2,54,63)(H,55,64)/t30-,32-. The molecule has 22 heteroatoms. The van der Waals surface area contributed by atoms with Crippen molar-refractivity contribution in [3.05, 3.63) is 77.2 Å². The van der Waals surface area contributed by atoms with Crippen molar-refractivity contribution >= 4 is 29.6 Å². The number of benzene rings is 3.